The van der Waals surface area contributed by atoms with Crippen molar-refractivity contribution in [3.05, 3.63) is 65.5 Å². The zero-order valence-electron chi connectivity index (χ0n) is 16.6. The number of hydrogen-bond acceptors (Lipinski definition) is 4. The van der Waals surface area contributed by atoms with Crippen LogP contribution in [0.3, 0.4) is 0 Å². The van der Waals surface area contributed by atoms with Crippen molar-refractivity contribution in [2.45, 2.75) is 13.0 Å². The second kappa shape index (κ2) is 10.0. The normalized spacial score (nSPS) is 13.8. The molecular weight excluding hydrogens is 373 g/mol. The molecule has 7 heteroatoms. The van der Waals surface area contributed by atoms with Crippen LogP contribution in [-0.4, -0.2) is 61.4 Å². The van der Waals surface area contributed by atoms with Crippen LogP contribution in [0, 0.1) is 5.82 Å². The van der Waals surface area contributed by atoms with E-state index in [0.717, 1.165) is 18.7 Å². The first-order valence-electron chi connectivity index (χ1n) is 9.73. The van der Waals surface area contributed by atoms with Gasteiger partial charge in [-0.2, -0.15) is 0 Å². The molecule has 0 radical (unpaired) electrons. The predicted octanol–water partition coefficient (Wildman–Crippen LogP) is 2.30. The molecule has 1 N–H and O–H groups in total. The van der Waals surface area contributed by atoms with E-state index in [-0.39, 0.29) is 30.6 Å². The second-order valence-corrected chi connectivity index (χ2v) is 6.97. The van der Waals surface area contributed by atoms with Gasteiger partial charge in [-0.05, 0) is 35.9 Å². The van der Waals surface area contributed by atoms with E-state index in [2.05, 4.69) is 5.32 Å². The average molecular weight is 399 g/mol. The van der Waals surface area contributed by atoms with Crippen LogP contribution in [0.2, 0.25) is 0 Å². The Labute approximate surface area is 170 Å². The largest absolute Gasteiger partial charge is 0.497 e. The fraction of sp³-hybridized carbons (Fsp3) is 0.364. The summed E-state index contributed by atoms with van der Waals surface area (Å²) >= 11 is 0. The lowest BCUT2D eigenvalue weighted by atomic mass is 10.1. The third-order valence-electron chi connectivity index (χ3n) is 4.96. The molecule has 1 aliphatic rings. The fourth-order valence-electron chi connectivity index (χ4n) is 3.30. The van der Waals surface area contributed by atoms with Gasteiger partial charge in [-0.15, -0.1) is 0 Å². The van der Waals surface area contributed by atoms with Crippen molar-refractivity contribution >= 4 is 11.8 Å². The number of rotatable bonds is 7. The van der Waals surface area contributed by atoms with Crippen LogP contribution in [0.4, 0.5) is 4.39 Å². The summed E-state index contributed by atoms with van der Waals surface area (Å²) in [6.07, 6.45) is 0.247. The molecule has 2 aromatic carbocycles. The topological polar surface area (TPSA) is 61.9 Å². The van der Waals surface area contributed by atoms with Gasteiger partial charge in [-0.3, -0.25) is 9.59 Å². The maximum absolute atomic E-state index is 13.2. The first kappa shape index (κ1) is 20.8. The number of amides is 2. The summed E-state index contributed by atoms with van der Waals surface area (Å²) in [5.74, 6) is 0.109. The summed E-state index contributed by atoms with van der Waals surface area (Å²) in [6, 6.07) is 13.0. The van der Waals surface area contributed by atoms with E-state index >= 15 is 0 Å². The standard InChI is InChI=1S/C22H26FN3O3/c1-29-20-4-2-3-18(15-20)22(28)26(16-17-5-7-19(23)8-6-17)12-9-21(27)25-13-10-24-11-14-25/h2-8,15,24H,9-14,16H2,1H3. The number of hydrogen-bond donors (Lipinski definition) is 1. The zero-order valence-corrected chi connectivity index (χ0v) is 16.6. The van der Waals surface area contributed by atoms with Crippen molar-refractivity contribution in [1.29, 1.82) is 0 Å². The van der Waals surface area contributed by atoms with Gasteiger partial charge in [0.25, 0.3) is 5.91 Å². The molecule has 6 nitrogen and oxygen atoms in total. The minimum absolute atomic E-state index is 0.0362. The van der Waals surface area contributed by atoms with Crippen molar-refractivity contribution < 1.29 is 18.7 Å². The van der Waals surface area contributed by atoms with E-state index in [0.29, 0.717) is 30.9 Å². The molecule has 1 saturated heterocycles. The van der Waals surface area contributed by atoms with E-state index in [1.807, 2.05) is 4.90 Å². The van der Waals surface area contributed by atoms with Gasteiger partial charge < -0.3 is 19.9 Å². The lowest BCUT2D eigenvalue weighted by Gasteiger charge is -2.29. The van der Waals surface area contributed by atoms with Gasteiger partial charge in [0.2, 0.25) is 5.91 Å². The predicted molar refractivity (Wildman–Crippen MR) is 108 cm³/mol. The highest BCUT2D eigenvalue weighted by molar-refractivity contribution is 5.94. The quantitative estimate of drug-likeness (QED) is 0.776. The maximum atomic E-state index is 13.2. The Kier molecular flexibility index (Phi) is 7.19. The molecule has 2 amide bonds. The third-order valence-corrected chi connectivity index (χ3v) is 4.96. The Morgan fingerprint density at radius 3 is 2.55 bits per heavy atom. The minimum Gasteiger partial charge on any atom is -0.497 e. The maximum Gasteiger partial charge on any atom is 0.254 e. The molecule has 1 fully saturated rings. The third kappa shape index (κ3) is 5.77. The molecule has 0 aromatic heterocycles. The highest BCUT2D eigenvalue weighted by Gasteiger charge is 2.21. The van der Waals surface area contributed by atoms with Crippen molar-refractivity contribution in [3.8, 4) is 5.75 Å². The molecule has 3 rings (SSSR count). The van der Waals surface area contributed by atoms with E-state index in [4.69, 9.17) is 4.74 Å². The minimum atomic E-state index is -0.326. The number of carbonyl (C=O) groups excluding carboxylic acids is 2. The van der Waals surface area contributed by atoms with Crippen molar-refractivity contribution in [3.63, 3.8) is 0 Å². The molecule has 0 spiro atoms. The highest BCUT2D eigenvalue weighted by atomic mass is 19.1. The van der Waals surface area contributed by atoms with Crippen LogP contribution in [0.5, 0.6) is 5.75 Å². The zero-order chi connectivity index (χ0) is 20.6. The summed E-state index contributed by atoms with van der Waals surface area (Å²) in [4.78, 5) is 29.1. The van der Waals surface area contributed by atoms with Crippen LogP contribution in [0.1, 0.15) is 22.3 Å². The molecule has 0 aliphatic carbocycles. The van der Waals surface area contributed by atoms with Crippen LogP contribution >= 0.6 is 0 Å². The number of nitrogens with zero attached hydrogens (tertiary/aromatic N) is 2. The van der Waals surface area contributed by atoms with Crippen molar-refractivity contribution in [2.75, 3.05) is 39.8 Å². The van der Waals surface area contributed by atoms with Crippen molar-refractivity contribution in [1.82, 2.24) is 15.1 Å². The summed E-state index contributed by atoms with van der Waals surface area (Å²) in [5.41, 5.74) is 1.29. The molecule has 2 aromatic rings. The van der Waals surface area contributed by atoms with Gasteiger partial charge >= 0.3 is 0 Å². The van der Waals surface area contributed by atoms with Crippen LogP contribution in [0.15, 0.2) is 48.5 Å². The van der Waals surface area contributed by atoms with Crippen LogP contribution in [0.25, 0.3) is 0 Å². The number of benzene rings is 2. The lowest BCUT2D eigenvalue weighted by molar-refractivity contribution is -0.132. The molecule has 1 aliphatic heterocycles. The molecule has 154 valence electrons. The molecule has 0 saturated carbocycles. The van der Waals surface area contributed by atoms with Gasteiger partial charge in [-0.25, -0.2) is 4.39 Å². The molecule has 0 atom stereocenters. The van der Waals surface area contributed by atoms with E-state index in [1.165, 1.54) is 12.1 Å². The summed E-state index contributed by atoms with van der Waals surface area (Å²) < 4.78 is 18.5. The molecule has 0 bridgehead atoms. The van der Waals surface area contributed by atoms with Crippen LogP contribution < -0.4 is 10.1 Å². The Bertz CT molecular complexity index is 835. The molecule has 29 heavy (non-hydrogen) atoms. The smallest absolute Gasteiger partial charge is 0.254 e. The molecule has 1 heterocycles. The van der Waals surface area contributed by atoms with Crippen molar-refractivity contribution in [2.24, 2.45) is 0 Å². The number of carbonyl (C=O) groups is 2. The number of ether oxygens (including phenoxy) is 1. The van der Waals surface area contributed by atoms with Gasteiger partial charge in [0.05, 0.1) is 7.11 Å². The van der Waals surface area contributed by atoms with Gasteiger partial charge in [0.15, 0.2) is 0 Å². The molecule has 0 unspecified atom stereocenters. The van der Waals surface area contributed by atoms with Gasteiger partial charge in [0, 0.05) is 51.3 Å². The molecular formula is C22H26FN3O3. The monoisotopic (exact) mass is 399 g/mol. The summed E-state index contributed by atoms with van der Waals surface area (Å²) in [6.45, 7) is 3.52. The number of piperazine rings is 1. The fourth-order valence-corrected chi connectivity index (χ4v) is 3.30. The lowest BCUT2D eigenvalue weighted by Crippen LogP contribution is -2.47. The second-order valence-electron chi connectivity index (χ2n) is 6.97. The summed E-state index contributed by atoms with van der Waals surface area (Å²) in [7, 11) is 1.55. The van der Waals surface area contributed by atoms with Crippen LogP contribution in [-0.2, 0) is 11.3 Å². The van der Waals surface area contributed by atoms with E-state index in [9.17, 15) is 14.0 Å². The van der Waals surface area contributed by atoms with E-state index < -0.39 is 0 Å². The highest BCUT2D eigenvalue weighted by Crippen LogP contribution is 2.17. The summed E-state index contributed by atoms with van der Waals surface area (Å²) in [5, 5.41) is 3.22. The Hall–Kier alpha value is -2.93. The number of halogens is 1. The SMILES string of the molecule is COc1cccc(C(=O)N(CCC(=O)N2CCNCC2)Cc2ccc(F)cc2)c1. The Morgan fingerprint density at radius 1 is 1.14 bits per heavy atom. The average Bonchev–Trinajstić information content (AvgIpc) is 2.77. The van der Waals surface area contributed by atoms with E-state index in [1.54, 1.807) is 48.4 Å². The number of methoxy groups -OCH3 is 1. The first-order chi connectivity index (χ1) is 14.1. The Balaban J connectivity index is 1.73. The number of nitrogens with one attached hydrogen (secondary N) is 1. The Morgan fingerprint density at radius 2 is 1.86 bits per heavy atom. The van der Waals surface area contributed by atoms with Gasteiger partial charge in [0.1, 0.15) is 11.6 Å². The van der Waals surface area contributed by atoms with Gasteiger partial charge in [-0.1, -0.05) is 18.2 Å². The first-order valence-corrected chi connectivity index (χ1v) is 9.73.